The minimum Gasteiger partial charge on any atom is -0.459 e. The van der Waals surface area contributed by atoms with E-state index >= 15 is 0 Å². The van der Waals surface area contributed by atoms with E-state index in [2.05, 4.69) is 10.3 Å². The topological polar surface area (TPSA) is 75.4 Å². The van der Waals surface area contributed by atoms with Gasteiger partial charge in [-0.3, -0.25) is 9.59 Å². The van der Waals surface area contributed by atoms with Crippen molar-refractivity contribution in [3.05, 3.63) is 48.0 Å². The van der Waals surface area contributed by atoms with Gasteiger partial charge < -0.3 is 14.6 Å². The van der Waals surface area contributed by atoms with Crippen molar-refractivity contribution in [1.29, 1.82) is 0 Å². The maximum Gasteiger partial charge on any atom is 0.289 e. The number of carbonyl (C=O) groups is 2. The number of amides is 2. The molecule has 6 heteroatoms. The summed E-state index contributed by atoms with van der Waals surface area (Å²) in [5.74, 6) is 0.353. The van der Waals surface area contributed by atoms with Gasteiger partial charge in [-0.15, -0.1) is 0 Å². The summed E-state index contributed by atoms with van der Waals surface area (Å²) in [5, 5.41) is 2.82. The van der Waals surface area contributed by atoms with E-state index in [0.29, 0.717) is 24.7 Å². The highest BCUT2D eigenvalue weighted by molar-refractivity contribution is 5.94. The first-order chi connectivity index (χ1) is 11.1. The highest BCUT2D eigenvalue weighted by Crippen LogP contribution is 2.20. The molecule has 3 rings (SSSR count). The third kappa shape index (κ3) is 3.59. The van der Waals surface area contributed by atoms with Crippen LogP contribution in [0.3, 0.4) is 0 Å². The number of nitrogens with zero attached hydrogens (tertiary/aromatic N) is 2. The third-order valence-electron chi connectivity index (χ3n) is 3.97. The number of furan rings is 1. The quantitative estimate of drug-likeness (QED) is 0.944. The maximum atomic E-state index is 12.4. The second kappa shape index (κ2) is 6.64. The van der Waals surface area contributed by atoms with Crippen LogP contribution in [-0.4, -0.2) is 34.8 Å². The number of pyridine rings is 1. The average molecular weight is 313 g/mol. The molecule has 1 aliphatic heterocycles. The van der Waals surface area contributed by atoms with E-state index in [-0.39, 0.29) is 17.7 Å². The highest BCUT2D eigenvalue weighted by Gasteiger charge is 2.30. The number of rotatable bonds is 3. The van der Waals surface area contributed by atoms with Gasteiger partial charge in [-0.25, -0.2) is 4.98 Å². The van der Waals surface area contributed by atoms with Crippen molar-refractivity contribution >= 4 is 17.6 Å². The molecule has 0 bridgehead atoms. The summed E-state index contributed by atoms with van der Waals surface area (Å²) < 4.78 is 5.15. The molecule has 2 aromatic rings. The Morgan fingerprint density at radius 3 is 2.91 bits per heavy atom. The number of anilines is 1. The van der Waals surface area contributed by atoms with Crippen molar-refractivity contribution in [3.63, 3.8) is 0 Å². The van der Waals surface area contributed by atoms with Crippen molar-refractivity contribution in [1.82, 2.24) is 9.88 Å². The Balaban J connectivity index is 1.62. The highest BCUT2D eigenvalue weighted by atomic mass is 16.3. The van der Waals surface area contributed by atoms with Crippen molar-refractivity contribution in [3.8, 4) is 0 Å². The number of hydrogen-bond donors (Lipinski definition) is 1. The average Bonchev–Trinajstić information content (AvgIpc) is 3.11. The van der Waals surface area contributed by atoms with Gasteiger partial charge >= 0.3 is 0 Å². The number of piperidine rings is 1. The zero-order valence-corrected chi connectivity index (χ0v) is 13.0. The fourth-order valence-corrected chi connectivity index (χ4v) is 2.70. The Kier molecular flexibility index (Phi) is 4.41. The normalized spacial score (nSPS) is 17.8. The lowest BCUT2D eigenvalue weighted by atomic mass is 9.97. The van der Waals surface area contributed by atoms with Crippen LogP contribution < -0.4 is 5.32 Å². The zero-order chi connectivity index (χ0) is 16.2. The monoisotopic (exact) mass is 313 g/mol. The predicted octanol–water partition coefficient (Wildman–Crippen LogP) is 2.47. The summed E-state index contributed by atoms with van der Waals surface area (Å²) in [6, 6.07) is 7.00. The van der Waals surface area contributed by atoms with Crippen LogP contribution in [0.15, 0.2) is 41.1 Å². The molecule has 6 nitrogen and oxygen atoms in total. The number of aryl methyl sites for hydroxylation is 1. The van der Waals surface area contributed by atoms with Crippen LogP contribution in [-0.2, 0) is 4.79 Å². The lowest BCUT2D eigenvalue weighted by Crippen LogP contribution is -2.43. The molecule has 1 aliphatic rings. The van der Waals surface area contributed by atoms with Crippen LogP contribution in [0, 0.1) is 12.8 Å². The van der Waals surface area contributed by atoms with Crippen LogP contribution in [0.2, 0.25) is 0 Å². The molecule has 1 atom stereocenters. The van der Waals surface area contributed by atoms with E-state index in [0.717, 1.165) is 18.4 Å². The third-order valence-corrected chi connectivity index (χ3v) is 3.97. The van der Waals surface area contributed by atoms with E-state index < -0.39 is 0 Å². The first kappa shape index (κ1) is 15.3. The molecule has 2 amide bonds. The molecule has 0 aliphatic carbocycles. The van der Waals surface area contributed by atoms with E-state index in [4.69, 9.17) is 4.42 Å². The van der Waals surface area contributed by atoms with Crippen molar-refractivity contribution < 1.29 is 14.0 Å². The number of carbonyl (C=O) groups excluding carboxylic acids is 2. The van der Waals surface area contributed by atoms with Crippen molar-refractivity contribution in [2.24, 2.45) is 5.92 Å². The summed E-state index contributed by atoms with van der Waals surface area (Å²) in [7, 11) is 0. The van der Waals surface area contributed by atoms with E-state index in [9.17, 15) is 9.59 Å². The zero-order valence-electron chi connectivity index (χ0n) is 13.0. The minimum atomic E-state index is -0.231. The van der Waals surface area contributed by atoms with Gasteiger partial charge in [0.05, 0.1) is 12.2 Å². The maximum absolute atomic E-state index is 12.4. The lowest BCUT2D eigenvalue weighted by molar-refractivity contribution is -0.121. The molecule has 0 spiro atoms. The summed E-state index contributed by atoms with van der Waals surface area (Å²) in [4.78, 5) is 30.6. The van der Waals surface area contributed by atoms with Crippen LogP contribution in [0.4, 0.5) is 5.82 Å². The molecule has 0 aromatic carbocycles. The Morgan fingerprint density at radius 1 is 1.35 bits per heavy atom. The van der Waals surface area contributed by atoms with Gasteiger partial charge in [0, 0.05) is 19.3 Å². The second-order valence-corrected chi connectivity index (χ2v) is 5.78. The molecule has 1 N–H and O–H groups in total. The molecule has 23 heavy (non-hydrogen) atoms. The van der Waals surface area contributed by atoms with Crippen molar-refractivity contribution in [2.45, 2.75) is 19.8 Å². The lowest BCUT2D eigenvalue weighted by Gasteiger charge is -2.31. The number of aromatic nitrogens is 1. The van der Waals surface area contributed by atoms with Gasteiger partial charge in [0.15, 0.2) is 5.76 Å². The minimum absolute atomic E-state index is 0.0988. The largest absolute Gasteiger partial charge is 0.459 e. The van der Waals surface area contributed by atoms with E-state index in [1.807, 2.05) is 13.0 Å². The Bertz CT molecular complexity index is 680. The van der Waals surface area contributed by atoms with Crippen LogP contribution in [0.25, 0.3) is 0 Å². The molecular weight excluding hydrogens is 294 g/mol. The van der Waals surface area contributed by atoms with Crippen LogP contribution >= 0.6 is 0 Å². The Morgan fingerprint density at radius 2 is 2.22 bits per heavy atom. The fourth-order valence-electron chi connectivity index (χ4n) is 2.70. The fraction of sp³-hybridized carbons (Fsp3) is 0.353. The number of likely N-dealkylation sites (tertiary alicyclic amines) is 1. The second-order valence-electron chi connectivity index (χ2n) is 5.78. The van der Waals surface area contributed by atoms with Crippen LogP contribution in [0.1, 0.15) is 29.0 Å². The van der Waals surface area contributed by atoms with Crippen LogP contribution in [0.5, 0.6) is 0 Å². The summed E-state index contributed by atoms with van der Waals surface area (Å²) in [6.07, 6.45) is 4.75. The van der Waals surface area contributed by atoms with Gasteiger partial charge in [-0.2, -0.15) is 0 Å². The number of hydrogen-bond acceptors (Lipinski definition) is 4. The predicted molar refractivity (Wildman–Crippen MR) is 84.9 cm³/mol. The molecule has 0 radical (unpaired) electrons. The molecule has 0 saturated carbocycles. The first-order valence-corrected chi connectivity index (χ1v) is 7.70. The SMILES string of the molecule is Cc1ccc(NC(=O)C2CCCN(C(=O)c3ccco3)C2)nc1. The molecule has 3 heterocycles. The molecule has 2 aromatic heterocycles. The molecule has 120 valence electrons. The van der Waals surface area contributed by atoms with Gasteiger partial charge in [0.1, 0.15) is 5.82 Å². The number of nitrogens with one attached hydrogen (secondary N) is 1. The smallest absolute Gasteiger partial charge is 0.289 e. The summed E-state index contributed by atoms with van der Waals surface area (Å²) >= 11 is 0. The molecular formula is C17H19N3O3. The standard InChI is InChI=1S/C17H19N3O3/c1-12-6-7-15(18-10-12)19-16(21)13-4-2-8-20(11-13)17(22)14-5-3-9-23-14/h3,5-7,9-10,13H,2,4,8,11H2,1H3,(H,18,19,21). The van der Waals surface area contributed by atoms with Gasteiger partial charge in [-0.05, 0) is 43.5 Å². The van der Waals surface area contributed by atoms with Gasteiger partial charge in [0.25, 0.3) is 5.91 Å². The molecule has 1 fully saturated rings. The summed E-state index contributed by atoms with van der Waals surface area (Å²) in [5.41, 5.74) is 1.04. The van der Waals surface area contributed by atoms with Gasteiger partial charge in [0.2, 0.25) is 5.91 Å². The molecule has 1 unspecified atom stereocenters. The van der Waals surface area contributed by atoms with Gasteiger partial charge in [-0.1, -0.05) is 6.07 Å². The first-order valence-electron chi connectivity index (χ1n) is 7.70. The Labute approximate surface area is 134 Å². The summed E-state index contributed by atoms with van der Waals surface area (Å²) in [6.45, 7) is 2.99. The van der Waals surface area contributed by atoms with Crippen molar-refractivity contribution in [2.75, 3.05) is 18.4 Å². The van der Waals surface area contributed by atoms with E-state index in [1.54, 1.807) is 29.3 Å². The van der Waals surface area contributed by atoms with E-state index in [1.165, 1.54) is 6.26 Å². The molecule has 1 saturated heterocycles. The Hall–Kier alpha value is -2.63.